The molecule has 0 atom stereocenters. The summed E-state index contributed by atoms with van der Waals surface area (Å²) in [5, 5.41) is 5.62. The minimum absolute atomic E-state index is 0.0670. The molecule has 1 spiro atoms. The standard InChI is InChI=1S/C23H24F4N4O3/c24-17-2-1-3-18(14-17)31-15-29-21(33)22(31)8-11-30(12-9-22)13-10-28-20(32)16-4-6-19(7-5-16)34-23(25,26)27/h1-7,14H,8-13,15H2,(H,28,32)(H,29,33). The van der Waals surface area contributed by atoms with Crippen LogP contribution in [0.5, 0.6) is 5.75 Å². The molecule has 2 aliphatic rings. The number of hydrogen-bond acceptors (Lipinski definition) is 5. The van der Waals surface area contributed by atoms with Gasteiger partial charge in [-0.2, -0.15) is 0 Å². The molecule has 2 aliphatic heterocycles. The van der Waals surface area contributed by atoms with Crippen LogP contribution in [0.15, 0.2) is 48.5 Å². The minimum Gasteiger partial charge on any atom is -0.406 e. The highest BCUT2D eigenvalue weighted by Gasteiger charge is 2.50. The van der Waals surface area contributed by atoms with E-state index in [9.17, 15) is 27.2 Å². The van der Waals surface area contributed by atoms with Crippen molar-refractivity contribution in [3.63, 3.8) is 0 Å². The van der Waals surface area contributed by atoms with E-state index in [1.54, 1.807) is 12.1 Å². The van der Waals surface area contributed by atoms with Gasteiger partial charge in [0.1, 0.15) is 17.1 Å². The van der Waals surface area contributed by atoms with Gasteiger partial charge in [-0.15, -0.1) is 13.2 Å². The van der Waals surface area contributed by atoms with Gasteiger partial charge < -0.3 is 25.2 Å². The molecule has 7 nitrogen and oxygen atoms in total. The van der Waals surface area contributed by atoms with Crippen LogP contribution in [0.25, 0.3) is 0 Å². The lowest BCUT2D eigenvalue weighted by Crippen LogP contribution is -2.57. The highest BCUT2D eigenvalue weighted by Crippen LogP contribution is 2.36. The largest absolute Gasteiger partial charge is 0.573 e. The summed E-state index contributed by atoms with van der Waals surface area (Å²) >= 11 is 0. The number of benzene rings is 2. The molecule has 2 aromatic rings. The molecule has 0 aliphatic carbocycles. The fourth-order valence-corrected chi connectivity index (χ4v) is 4.45. The Labute approximate surface area is 193 Å². The highest BCUT2D eigenvalue weighted by molar-refractivity contribution is 5.94. The van der Waals surface area contributed by atoms with Gasteiger partial charge in [-0.1, -0.05) is 6.07 Å². The van der Waals surface area contributed by atoms with E-state index in [1.807, 2.05) is 4.90 Å². The van der Waals surface area contributed by atoms with Crippen LogP contribution < -0.4 is 20.3 Å². The van der Waals surface area contributed by atoms with Crippen molar-refractivity contribution in [2.45, 2.75) is 24.7 Å². The van der Waals surface area contributed by atoms with Gasteiger partial charge in [-0.25, -0.2) is 4.39 Å². The molecule has 0 saturated carbocycles. The zero-order valence-corrected chi connectivity index (χ0v) is 18.2. The summed E-state index contributed by atoms with van der Waals surface area (Å²) < 4.78 is 54.2. The molecular formula is C23H24F4N4O3. The van der Waals surface area contributed by atoms with Crippen LogP contribution in [0.1, 0.15) is 23.2 Å². The van der Waals surface area contributed by atoms with Crippen molar-refractivity contribution in [3.05, 3.63) is 59.9 Å². The topological polar surface area (TPSA) is 73.9 Å². The number of carbonyl (C=O) groups excluding carboxylic acids is 2. The maximum atomic E-state index is 13.7. The Kier molecular flexibility index (Phi) is 6.65. The predicted molar refractivity (Wildman–Crippen MR) is 116 cm³/mol. The third kappa shape index (κ3) is 5.24. The molecule has 2 aromatic carbocycles. The molecule has 4 rings (SSSR count). The molecule has 34 heavy (non-hydrogen) atoms. The predicted octanol–water partition coefficient (Wildman–Crippen LogP) is 2.88. The summed E-state index contributed by atoms with van der Waals surface area (Å²) in [5.74, 6) is -1.22. The molecule has 182 valence electrons. The first kappa shape index (κ1) is 23.8. The van der Waals surface area contributed by atoms with Gasteiger partial charge in [0.15, 0.2) is 0 Å². The number of piperidine rings is 1. The maximum absolute atomic E-state index is 13.7. The van der Waals surface area contributed by atoms with E-state index in [2.05, 4.69) is 20.3 Å². The van der Waals surface area contributed by atoms with Crippen LogP contribution in [0.3, 0.4) is 0 Å². The number of likely N-dealkylation sites (tertiary alicyclic amines) is 1. The summed E-state index contributed by atoms with van der Waals surface area (Å²) in [6.45, 7) is 2.47. The number of carbonyl (C=O) groups is 2. The van der Waals surface area contributed by atoms with Gasteiger partial charge in [-0.3, -0.25) is 9.59 Å². The number of nitrogens with one attached hydrogen (secondary N) is 2. The van der Waals surface area contributed by atoms with Gasteiger partial charge in [0.25, 0.3) is 5.91 Å². The minimum atomic E-state index is -4.79. The molecule has 0 bridgehead atoms. The van der Waals surface area contributed by atoms with Crippen LogP contribution in [-0.2, 0) is 4.79 Å². The van der Waals surface area contributed by atoms with Gasteiger partial charge >= 0.3 is 6.36 Å². The highest BCUT2D eigenvalue weighted by atomic mass is 19.4. The van der Waals surface area contributed by atoms with E-state index in [0.717, 1.165) is 12.1 Å². The van der Waals surface area contributed by atoms with Gasteiger partial charge in [0.05, 0.1) is 6.67 Å². The second-order valence-electron chi connectivity index (χ2n) is 8.27. The molecule has 11 heteroatoms. The average Bonchev–Trinajstić information content (AvgIpc) is 3.10. The van der Waals surface area contributed by atoms with Gasteiger partial charge in [0, 0.05) is 37.4 Å². The zero-order chi connectivity index (χ0) is 24.3. The fraction of sp³-hybridized carbons (Fsp3) is 0.391. The smallest absolute Gasteiger partial charge is 0.406 e. The van der Waals surface area contributed by atoms with Crippen LogP contribution in [-0.4, -0.2) is 61.5 Å². The van der Waals surface area contributed by atoms with Crippen molar-refractivity contribution in [1.29, 1.82) is 0 Å². The second-order valence-corrected chi connectivity index (χ2v) is 8.27. The van der Waals surface area contributed by atoms with Crippen molar-refractivity contribution in [2.24, 2.45) is 0 Å². The van der Waals surface area contributed by atoms with E-state index < -0.39 is 23.6 Å². The van der Waals surface area contributed by atoms with Crippen LogP contribution in [0, 0.1) is 5.82 Å². The van der Waals surface area contributed by atoms with Crippen molar-refractivity contribution in [1.82, 2.24) is 15.5 Å². The first-order chi connectivity index (χ1) is 16.2. The first-order valence-corrected chi connectivity index (χ1v) is 10.8. The van der Waals surface area contributed by atoms with Crippen molar-refractivity contribution < 1.29 is 31.9 Å². The molecule has 2 saturated heterocycles. The van der Waals surface area contributed by atoms with Crippen LogP contribution in [0.4, 0.5) is 23.2 Å². The van der Waals surface area contributed by atoms with Crippen molar-refractivity contribution >= 4 is 17.5 Å². The molecule has 0 unspecified atom stereocenters. The van der Waals surface area contributed by atoms with Gasteiger partial charge in [-0.05, 0) is 55.3 Å². The monoisotopic (exact) mass is 480 g/mol. The Hall–Kier alpha value is -3.34. The normalized spacial score (nSPS) is 18.1. The lowest BCUT2D eigenvalue weighted by Gasteiger charge is -2.43. The Bertz CT molecular complexity index is 1040. The number of alkyl halides is 3. The van der Waals surface area contributed by atoms with E-state index >= 15 is 0 Å². The number of nitrogens with zero attached hydrogens (tertiary/aromatic N) is 2. The molecule has 2 heterocycles. The third-order valence-corrected chi connectivity index (χ3v) is 6.20. The Morgan fingerprint density at radius 2 is 1.82 bits per heavy atom. The molecule has 0 radical (unpaired) electrons. The number of hydrogen-bond donors (Lipinski definition) is 2. The maximum Gasteiger partial charge on any atom is 0.573 e. The Morgan fingerprint density at radius 3 is 2.47 bits per heavy atom. The number of rotatable bonds is 6. The van der Waals surface area contributed by atoms with E-state index in [0.29, 0.717) is 51.4 Å². The zero-order valence-electron chi connectivity index (χ0n) is 18.2. The molecule has 2 fully saturated rings. The summed E-state index contributed by atoms with van der Waals surface area (Å²) in [4.78, 5) is 29.0. The Morgan fingerprint density at radius 1 is 1.12 bits per heavy atom. The number of amides is 2. The van der Waals surface area contributed by atoms with E-state index in [1.165, 1.54) is 24.3 Å². The number of ether oxygens (including phenoxy) is 1. The van der Waals surface area contributed by atoms with E-state index in [-0.39, 0.29) is 17.3 Å². The van der Waals surface area contributed by atoms with E-state index in [4.69, 9.17) is 0 Å². The summed E-state index contributed by atoms with van der Waals surface area (Å²) in [6.07, 6.45) is -3.67. The molecule has 0 aromatic heterocycles. The summed E-state index contributed by atoms with van der Waals surface area (Å²) in [7, 11) is 0. The summed E-state index contributed by atoms with van der Waals surface area (Å²) in [5.41, 5.74) is 0.152. The quantitative estimate of drug-likeness (QED) is 0.623. The molecule has 2 N–H and O–H groups in total. The SMILES string of the molecule is O=C(NCCN1CCC2(CC1)C(=O)NCN2c1cccc(F)c1)c1ccc(OC(F)(F)F)cc1. The molecular weight excluding hydrogens is 456 g/mol. The van der Waals surface area contributed by atoms with Crippen molar-refractivity contribution in [2.75, 3.05) is 37.7 Å². The lowest BCUT2D eigenvalue weighted by molar-refractivity contribution is -0.274. The number of anilines is 1. The first-order valence-electron chi connectivity index (χ1n) is 10.8. The van der Waals surface area contributed by atoms with Crippen molar-refractivity contribution in [3.8, 4) is 5.75 Å². The number of halogens is 4. The third-order valence-electron chi connectivity index (χ3n) is 6.20. The fourth-order valence-electron chi connectivity index (χ4n) is 4.45. The average molecular weight is 480 g/mol. The van der Waals surface area contributed by atoms with Crippen LogP contribution >= 0.6 is 0 Å². The van der Waals surface area contributed by atoms with Crippen LogP contribution in [0.2, 0.25) is 0 Å². The van der Waals surface area contributed by atoms with Gasteiger partial charge in [0.2, 0.25) is 5.91 Å². The summed E-state index contributed by atoms with van der Waals surface area (Å²) in [6, 6.07) is 10.9. The lowest BCUT2D eigenvalue weighted by atomic mass is 9.85. The second kappa shape index (κ2) is 9.49. The Balaban J connectivity index is 1.27. The molecule has 2 amide bonds.